The van der Waals surface area contributed by atoms with Crippen molar-refractivity contribution >= 4 is 11.8 Å². The Kier molecular flexibility index (Phi) is 4.24. The Morgan fingerprint density at radius 3 is 1.80 bits per heavy atom. The van der Waals surface area contributed by atoms with E-state index in [-0.39, 0.29) is 0 Å². The van der Waals surface area contributed by atoms with Crippen LogP contribution in [-0.4, -0.2) is 18.0 Å². The van der Waals surface area contributed by atoms with Crippen molar-refractivity contribution < 1.29 is 22.8 Å². The Labute approximate surface area is 142 Å². The highest BCUT2D eigenvalue weighted by atomic mass is 19.4. The molecule has 4 nitrogen and oxygen atoms in total. The Morgan fingerprint density at radius 2 is 1.36 bits per heavy atom. The molecule has 0 bridgehead atoms. The number of rotatable bonds is 3. The molecule has 1 atom stereocenters. The molecule has 0 aliphatic heterocycles. The van der Waals surface area contributed by atoms with Crippen LogP contribution in [-0.2, 0) is 15.0 Å². The average molecular weight is 348 g/mol. The third-order valence-electron chi connectivity index (χ3n) is 4.41. The van der Waals surface area contributed by atoms with Gasteiger partial charge < -0.3 is 0 Å². The third-order valence-corrected chi connectivity index (χ3v) is 4.41. The summed E-state index contributed by atoms with van der Waals surface area (Å²) in [6.07, 6.45) is -4.60. The number of benzene rings is 2. The molecule has 2 amide bonds. The van der Waals surface area contributed by atoms with Crippen molar-refractivity contribution in [1.29, 1.82) is 0 Å². The predicted octanol–water partition coefficient (Wildman–Crippen LogP) is 2.70. The summed E-state index contributed by atoms with van der Waals surface area (Å²) in [5.74, 6) is -3.41. The molecule has 0 saturated heterocycles. The summed E-state index contributed by atoms with van der Waals surface area (Å²) >= 11 is 0. The fourth-order valence-corrected chi connectivity index (χ4v) is 3.13. The van der Waals surface area contributed by atoms with Crippen LogP contribution < -0.4 is 10.9 Å². The van der Waals surface area contributed by atoms with Crippen LogP contribution in [0.25, 0.3) is 0 Å². The number of carbonyl (C=O) groups excluding carboxylic acids is 2. The van der Waals surface area contributed by atoms with Gasteiger partial charge in [0.15, 0.2) is 0 Å². The van der Waals surface area contributed by atoms with Crippen molar-refractivity contribution in [2.75, 3.05) is 0 Å². The molecular formula is C18H15F3N2O2. The van der Waals surface area contributed by atoms with E-state index in [9.17, 15) is 22.8 Å². The molecule has 1 unspecified atom stereocenters. The minimum atomic E-state index is -5.05. The molecule has 0 aromatic heterocycles. The number of halogens is 3. The summed E-state index contributed by atoms with van der Waals surface area (Å²) in [6.45, 7) is 0. The van der Waals surface area contributed by atoms with Gasteiger partial charge in [0.1, 0.15) is 0 Å². The molecule has 7 heteroatoms. The summed E-state index contributed by atoms with van der Waals surface area (Å²) in [5.41, 5.74) is 4.52. The van der Waals surface area contributed by atoms with Crippen LogP contribution in [0.5, 0.6) is 0 Å². The van der Waals surface area contributed by atoms with Gasteiger partial charge in [-0.2, -0.15) is 13.2 Å². The number of hydrogen-bond donors (Lipinski definition) is 2. The summed E-state index contributed by atoms with van der Waals surface area (Å²) < 4.78 is 36.7. The van der Waals surface area contributed by atoms with Crippen LogP contribution in [0.15, 0.2) is 60.7 Å². The molecular weight excluding hydrogens is 333 g/mol. The number of carbonyl (C=O) groups is 2. The smallest absolute Gasteiger partial charge is 0.273 e. The molecule has 1 aliphatic rings. The fourth-order valence-electron chi connectivity index (χ4n) is 3.13. The maximum atomic E-state index is 12.3. The highest BCUT2D eigenvalue weighted by Crippen LogP contribution is 2.58. The molecule has 0 heterocycles. The lowest BCUT2D eigenvalue weighted by molar-refractivity contribution is -0.175. The van der Waals surface area contributed by atoms with Gasteiger partial charge >= 0.3 is 12.1 Å². The van der Waals surface area contributed by atoms with Gasteiger partial charge in [-0.15, -0.1) is 0 Å². The average Bonchev–Trinajstić information content (AvgIpc) is 3.37. The van der Waals surface area contributed by atoms with E-state index in [4.69, 9.17) is 0 Å². The highest BCUT2D eigenvalue weighted by Gasteiger charge is 2.60. The molecule has 2 aromatic carbocycles. The second-order valence-electron chi connectivity index (χ2n) is 5.90. The Hall–Kier alpha value is -2.83. The van der Waals surface area contributed by atoms with E-state index < -0.39 is 29.3 Å². The summed E-state index contributed by atoms with van der Waals surface area (Å²) in [5, 5.41) is 0. The quantitative estimate of drug-likeness (QED) is 0.838. The number of hydrazine groups is 1. The molecule has 2 N–H and O–H groups in total. The Bertz CT molecular complexity index is 736. The van der Waals surface area contributed by atoms with Gasteiger partial charge in [-0.25, -0.2) is 0 Å². The SMILES string of the molecule is O=C(NNC(=O)C(F)(F)F)C1CC1(c1ccccc1)c1ccccc1. The van der Waals surface area contributed by atoms with Crippen LogP contribution in [0.2, 0.25) is 0 Å². The second-order valence-corrected chi connectivity index (χ2v) is 5.90. The molecule has 0 radical (unpaired) electrons. The third kappa shape index (κ3) is 3.22. The van der Waals surface area contributed by atoms with Gasteiger partial charge in [0.25, 0.3) is 0 Å². The van der Waals surface area contributed by atoms with Crippen LogP contribution in [0.4, 0.5) is 13.2 Å². The lowest BCUT2D eigenvalue weighted by atomic mass is 9.85. The molecule has 3 rings (SSSR count). The van der Waals surface area contributed by atoms with Gasteiger partial charge in [0.05, 0.1) is 5.92 Å². The molecule has 2 aromatic rings. The maximum Gasteiger partial charge on any atom is 0.472 e. The van der Waals surface area contributed by atoms with Crippen molar-refractivity contribution in [1.82, 2.24) is 10.9 Å². The monoisotopic (exact) mass is 348 g/mol. The van der Waals surface area contributed by atoms with Crippen LogP contribution in [0.3, 0.4) is 0 Å². The van der Waals surface area contributed by atoms with Gasteiger partial charge in [-0.3, -0.25) is 20.4 Å². The van der Waals surface area contributed by atoms with Crippen molar-refractivity contribution in [3.05, 3.63) is 71.8 Å². The largest absolute Gasteiger partial charge is 0.472 e. The van der Waals surface area contributed by atoms with E-state index >= 15 is 0 Å². The van der Waals surface area contributed by atoms with E-state index in [1.54, 1.807) is 0 Å². The number of alkyl halides is 3. The van der Waals surface area contributed by atoms with Gasteiger partial charge in [-0.1, -0.05) is 60.7 Å². The Morgan fingerprint density at radius 1 is 0.880 bits per heavy atom. The molecule has 1 saturated carbocycles. The van der Waals surface area contributed by atoms with E-state index in [1.165, 1.54) is 5.43 Å². The molecule has 130 valence electrons. The Balaban J connectivity index is 1.81. The first-order valence-corrected chi connectivity index (χ1v) is 7.64. The number of nitrogens with one attached hydrogen (secondary N) is 2. The molecule has 1 fully saturated rings. The van der Waals surface area contributed by atoms with Crippen LogP contribution in [0.1, 0.15) is 17.5 Å². The van der Waals surface area contributed by atoms with Crippen LogP contribution >= 0.6 is 0 Å². The topological polar surface area (TPSA) is 58.2 Å². The van der Waals surface area contributed by atoms with Gasteiger partial charge in [0, 0.05) is 5.41 Å². The number of amides is 2. The zero-order chi connectivity index (χ0) is 18.1. The van der Waals surface area contributed by atoms with E-state index in [1.807, 2.05) is 66.1 Å². The van der Waals surface area contributed by atoms with Crippen molar-refractivity contribution in [3.63, 3.8) is 0 Å². The summed E-state index contributed by atoms with van der Waals surface area (Å²) in [7, 11) is 0. The lowest BCUT2D eigenvalue weighted by Gasteiger charge is -2.19. The maximum absolute atomic E-state index is 12.3. The second kappa shape index (κ2) is 6.23. The van der Waals surface area contributed by atoms with E-state index in [0.29, 0.717) is 6.42 Å². The highest BCUT2D eigenvalue weighted by molar-refractivity contribution is 5.89. The van der Waals surface area contributed by atoms with Crippen molar-refractivity contribution in [2.45, 2.75) is 18.0 Å². The fraction of sp³-hybridized carbons (Fsp3) is 0.222. The van der Waals surface area contributed by atoms with Crippen molar-refractivity contribution in [2.24, 2.45) is 5.92 Å². The van der Waals surface area contributed by atoms with E-state index in [0.717, 1.165) is 11.1 Å². The first-order valence-electron chi connectivity index (χ1n) is 7.64. The normalized spacial score (nSPS) is 18.3. The minimum Gasteiger partial charge on any atom is -0.273 e. The van der Waals surface area contributed by atoms with Gasteiger partial charge in [-0.05, 0) is 17.5 Å². The first-order chi connectivity index (χ1) is 11.9. The zero-order valence-electron chi connectivity index (χ0n) is 13.0. The predicted molar refractivity (Wildman–Crippen MR) is 84.1 cm³/mol. The molecule has 25 heavy (non-hydrogen) atoms. The van der Waals surface area contributed by atoms with Crippen LogP contribution in [0, 0.1) is 5.92 Å². The van der Waals surface area contributed by atoms with Gasteiger partial charge in [0.2, 0.25) is 5.91 Å². The standard InChI is InChI=1S/C18H15F3N2O2/c19-18(20,21)16(25)23-22-15(24)14-11-17(14,12-7-3-1-4-8-12)13-9-5-2-6-10-13/h1-10,14H,11H2,(H,22,24)(H,23,25). The summed E-state index contributed by atoms with van der Waals surface area (Å²) in [6, 6.07) is 18.6. The molecule has 0 spiro atoms. The van der Waals surface area contributed by atoms with E-state index in [2.05, 4.69) is 0 Å². The van der Waals surface area contributed by atoms with Crippen molar-refractivity contribution in [3.8, 4) is 0 Å². The lowest BCUT2D eigenvalue weighted by Crippen LogP contribution is -2.48. The summed E-state index contributed by atoms with van der Waals surface area (Å²) in [4.78, 5) is 23.2. The zero-order valence-corrected chi connectivity index (χ0v) is 13.0. The minimum absolute atomic E-state index is 0.453. The molecule has 1 aliphatic carbocycles. The number of hydrogen-bond acceptors (Lipinski definition) is 2. The first kappa shape index (κ1) is 17.0.